The van der Waals surface area contributed by atoms with Gasteiger partial charge in [-0.3, -0.25) is 4.79 Å². The fourth-order valence-corrected chi connectivity index (χ4v) is 2.26. The first-order valence-electron chi connectivity index (χ1n) is 5.96. The second kappa shape index (κ2) is 5.67. The maximum absolute atomic E-state index is 11.6. The summed E-state index contributed by atoms with van der Waals surface area (Å²) >= 11 is 0. The van der Waals surface area contributed by atoms with Crippen molar-refractivity contribution < 1.29 is 14.7 Å². The highest BCUT2D eigenvalue weighted by Gasteiger charge is 2.30. The van der Waals surface area contributed by atoms with Crippen LogP contribution >= 0.6 is 0 Å². The number of amides is 1. The number of carbonyl (C=O) groups is 2. The zero-order chi connectivity index (χ0) is 13.9. The Hall–Kier alpha value is -1.84. The van der Waals surface area contributed by atoms with Gasteiger partial charge in [0.1, 0.15) is 0 Å². The summed E-state index contributed by atoms with van der Waals surface area (Å²) in [6.45, 7) is 7.29. The fraction of sp³-hybridized carbons (Fsp3) is 0.429. The molecule has 1 atom stereocenters. The van der Waals surface area contributed by atoms with Gasteiger partial charge in [-0.15, -0.1) is 0 Å². The highest BCUT2D eigenvalue weighted by Crippen LogP contribution is 2.27. The topological polar surface area (TPSA) is 57.6 Å². The minimum atomic E-state index is -0.996. The van der Waals surface area contributed by atoms with Crippen molar-refractivity contribution in [3.63, 3.8) is 0 Å². The Morgan fingerprint density at radius 3 is 2.11 bits per heavy atom. The molecule has 0 bridgehead atoms. The lowest BCUT2D eigenvalue weighted by atomic mass is 9.95. The zero-order valence-electron chi connectivity index (χ0n) is 11.2. The first-order valence-corrected chi connectivity index (χ1v) is 5.96. The van der Waals surface area contributed by atoms with Gasteiger partial charge >= 0.3 is 5.97 Å². The lowest BCUT2D eigenvalue weighted by Gasteiger charge is -2.29. The normalized spacial score (nSPS) is 12.0. The molecule has 0 aliphatic heterocycles. The van der Waals surface area contributed by atoms with Crippen molar-refractivity contribution in [1.82, 2.24) is 4.90 Å². The summed E-state index contributed by atoms with van der Waals surface area (Å²) in [5, 5.41) is 9.43. The Morgan fingerprint density at radius 2 is 1.78 bits per heavy atom. The predicted molar refractivity (Wildman–Crippen MR) is 69.4 cm³/mol. The number of hydrogen-bond acceptors (Lipinski definition) is 2. The molecule has 0 fully saturated rings. The van der Waals surface area contributed by atoms with Gasteiger partial charge in [0.05, 0.1) is 0 Å². The van der Waals surface area contributed by atoms with Crippen molar-refractivity contribution in [2.45, 2.75) is 33.7 Å². The second-order valence-electron chi connectivity index (χ2n) is 4.35. The molecule has 1 unspecified atom stereocenters. The van der Waals surface area contributed by atoms with Crippen LogP contribution in [-0.4, -0.2) is 28.4 Å². The molecule has 1 amide bonds. The highest BCUT2D eigenvalue weighted by atomic mass is 16.4. The number of carboxylic acid groups (broad SMARTS) is 1. The number of aliphatic carboxylic acids is 1. The molecule has 1 N–H and O–H groups in total. The number of benzene rings is 1. The monoisotopic (exact) mass is 249 g/mol. The van der Waals surface area contributed by atoms with Gasteiger partial charge in [-0.1, -0.05) is 18.2 Å². The van der Waals surface area contributed by atoms with Crippen LogP contribution in [0.4, 0.5) is 0 Å². The molecule has 0 radical (unpaired) electrons. The van der Waals surface area contributed by atoms with E-state index in [1.807, 2.05) is 32.0 Å². The molecule has 1 aromatic rings. The van der Waals surface area contributed by atoms with E-state index < -0.39 is 12.0 Å². The van der Waals surface area contributed by atoms with Crippen LogP contribution in [-0.2, 0) is 9.59 Å². The summed E-state index contributed by atoms with van der Waals surface area (Å²) < 4.78 is 0. The van der Waals surface area contributed by atoms with Gasteiger partial charge in [0.15, 0.2) is 6.04 Å². The van der Waals surface area contributed by atoms with Crippen LogP contribution in [0.1, 0.15) is 36.6 Å². The van der Waals surface area contributed by atoms with Crippen molar-refractivity contribution in [2.24, 2.45) is 0 Å². The van der Waals surface area contributed by atoms with E-state index in [1.165, 1.54) is 11.8 Å². The Labute approximate surface area is 107 Å². The second-order valence-corrected chi connectivity index (χ2v) is 4.35. The van der Waals surface area contributed by atoms with E-state index in [1.54, 1.807) is 6.92 Å². The molecule has 0 saturated heterocycles. The summed E-state index contributed by atoms with van der Waals surface area (Å²) in [6, 6.07) is 4.71. The number of carboxylic acids is 1. The van der Waals surface area contributed by atoms with Crippen LogP contribution in [0.5, 0.6) is 0 Å². The van der Waals surface area contributed by atoms with Crippen molar-refractivity contribution in [2.75, 3.05) is 6.54 Å². The molecule has 1 aromatic carbocycles. The third-order valence-corrected chi connectivity index (χ3v) is 3.11. The van der Waals surface area contributed by atoms with E-state index in [9.17, 15) is 14.7 Å². The Bertz CT molecular complexity index is 448. The average Bonchev–Trinajstić information content (AvgIpc) is 2.26. The van der Waals surface area contributed by atoms with E-state index in [0.29, 0.717) is 12.1 Å². The Morgan fingerprint density at radius 1 is 1.28 bits per heavy atom. The largest absolute Gasteiger partial charge is 0.479 e. The Kier molecular flexibility index (Phi) is 4.48. The predicted octanol–water partition coefficient (Wildman–Crippen LogP) is 2.30. The molecule has 4 heteroatoms. The van der Waals surface area contributed by atoms with Gasteiger partial charge in [0.2, 0.25) is 5.91 Å². The minimum absolute atomic E-state index is 0.229. The van der Waals surface area contributed by atoms with Gasteiger partial charge in [-0.2, -0.15) is 0 Å². The van der Waals surface area contributed by atoms with Gasteiger partial charge in [0, 0.05) is 13.5 Å². The van der Waals surface area contributed by atoms with E-state index >= 15 is 0 Å². The average molecular weight is 249 g/mol. The molecule has 0 aliphatic rings. The van der Waals surface area contributed by atoms with Crippen LogP contribution in [0.25, 0.3) is 0 Å². The van der Waals surface area contributed by atoms with E-state index in [0.717, 1.165) is 11.1 Å². The summed E-state index contributed by atoms with van der Waals surface area (Å²) in [5.41, 5.74) is 2.49. The van der Waals surface area contributed by atoms with Crippen LogP contribution in [0.2, 0.25) is 0 Å². The molecule has 0 saturated carbocycles. The van der Waals surface area contributed by atoms with Crippen molar-refractivity contribution in [3.05, 3.63) is 34.9 Å². The number of rotatable bonds is 4. The standard InChI is InChI=1S/C14H19NO3/c1-5-15(11(4)16)13(14(17)18)12-9(2)7-6-8-10(12)3/h6-8,13H,5H2,1-4H3,(H,17,18). The van der Waals surface area contributed by atoms with Crippen molar-refractivity contribution in [3.8, 4) is 0 Å². The molecular formula is C14H19NO3. The van der Waals surface area contributed by atoms with E-state index in [4.69, 9.17) is 0 Å². The number of carbonyl (C=O) groups excluding carboxylic acids is 1. The summed E-state index contributed by atoms with van der Waals surface area (Å²) in [4.78, 5) is 24.5. The number of likely N-dealkylation sites (N-methyl/N-ethyl adjacent to an activating group) is 1. The lowest BCUT2D eigenvalue weighted by Crippen LogP contribution is -2.38. The van der Waals surface area contributed by atoms with Gasteiger partial charge in [-0.05, 0) is 37.5 Å². The lowest BCUT2D eigenvalue weighted by molar-refractivity contribution is -0.149. The molecule has 0 aromatic heterocycles. The van der Waals surface area contributed by atoms with Gasteiger partial charge < -0.3 is 10.0 Å². The van der Waals surface area contributed by atoms with Crippen LogP contribution in [0, 0.1) is 13.8 Å². The van der Waals surface area contributed by atoms with Crippen LogP contribution < -0.4 is 0 Å². The zero-order valence-corrected chi connectivity index (χ0v) is 11.2. The maximum Gasteiger partial charge on any atom is 0.331 e. The molecule has 1 rings (SSSR count). The van der Waals surface area contributed by atoms with Gasteiger partial charge in [0.25, 0.3) is 0 Å². The molecule has 4 nitrogen and oxygen atoms in total. The summed E-state index contributed by atoms with van der Waals surface area (Å²) in [6.07, 6.45) is 0. The number of aryl methyl sites for hydroxylation is 2. The fourth-order valence-electron chi connectivity index (χ4n) is 2.26. The number of nitrogens with zero attached hydrogens (tertiary/aromatic N) is 1. The smallest absolute Gasteiger partial charge is 0.331 e. The van der Waals surface area contributed by atoms with Gasteiger partial charge in [-0.25, -0.2) is 4.79 Å². The molecule has 0 aliphatic carbocycles. The molecule has 18 heavy (non-hydrogen) atoms. The first kappa shape index (κ1) is 14.2. The van der Waals surface area contributed by atoms with E-state index in [-0.39, 0.29) is 5.91 Å². The summed E-state index contributed by atoms with van der Waals surface area (Å²) in [5.74, 6) is -1.22. The van der Waals surface area contributed by atoms with Crippen molar-refractivity contribution in [1.29, 1.82) is 0 Å². The minimum Gasteiger partial charge on any atom is -0.479 e. The maximum atomic E-state index is 11.6. The van der Waals surface area contributed by atoms with Crippen LogP contribution in [0.3, 0.4) is 0 Å². The highest BCUT2D eigenvalue weighted by molar-refractivity contribution is 5.84. The summed E-state index contributed by atoms with van der Waals surface area (Å²) in [7, 11) is 0. The molecule has 0 spiro atoms. The molecule has 98 valence electrons. The Balaban J connectivity index is 3.37. The number of hydrogen-bond donors (Lipinski definition) is 1. The third-order valence-electron chi connectivity index (χ3n) is 3.11. The quantitative estimate of drug-likeness (QED) is 0.890. The van der Waals surface area contributed by atoms with Crippen molar-refractivity contribution >= 4 is 11.9 Å². The SMILES string of the molecule is CCN(C(C)=O)C(C(=O)O)c1c(C)cccc1C. The molecule has 0 heterocycles. The first-order chi connectivity index (χ1) is 8.40. The third kappa shape index (κ3) is 2.70. The van der Waals surface area contributed by atoms with Crippen LogP contribution in [0.15, 0.2) is 18.2 Å². The molecular weight excluding hydrogens is 230 g/mol. The van der Waals surface area contributed by atoms with E-state index in [2.05, 4.69) is 0 Å².